The molecule has 1 fully saturated rings. The summed E-state index contributed by atoms with van der Waals surface area (Å²) in [5, 5.41) is 5.97. The van der Waals surface area contributed by atoms with Gasteiger partial charge in [-0.1, -0.05) is 40.9 Å². The Kier molecular flexibility index (Phi) is 5.58. The fourth-order valence-corrected chi connectivity index (χ4v) is 3.58. The number of nitrogens with zero attached hydrogens (tertiary/aromatic N) is 4. The normalized spacial score (nSPS) is 15.6. The lowest BCUT2D eigenvalue weighted by Crippen LogP contribution is -2.48. The van der Waals surface area contributed by atoms with Gasteiger partial charge in [-0.3, -0.25) is 14.4 Å². The zero-order chi connectivity index (χ0) is 18.1. The maximum absolute atomic E-state index is 12.7. The maximum Gasteiger partial charge on any atom is 0.276 e. The highest BCUT2D eigenvalue weighted by atomic mass is 35.5. The van der Waals surface area contributed by atoms with Gasteiger partial charge in [0.2, 0.25) is 0 Å². The molecule has 0 bridgehead atoms. The van der Waals surface area contributed by atoms with Gasteiger partial charge in [0.15, 0.2) is 5.69 Å². The zero-order valence-electron chi connectivity index (χ0n) is 14.1. The standard InChI is InChI=1S/C17H19Cl3N4O/c1-11-15(20)16(21-22(11)2)17(25)24-7-5-23(6-8-24)10-12-3-4-13(18)9-14(12)19/h3-4,9H,5-8,10H2,1-2H3. The Morgan fingerprint density at radius 1 is 1.16 bits per heavy atom. The van der Waals surface area contributed by atoms with Gasteiger partial charge in [0.05, 0.1) is 10.7 Å². The van der Waals surface area contributed by atoms with Gasteiger partial charge in [-0.25, -0.2) is 0 Å². The van der Waals surface area contributed by atoms with E-state index in [2.05, 4.69) is 10.00 Å². The topological polar surface area (TPSA) is 41.4 Å². The lowest BCUT2D eigenvalue weighted by Gasteiger charge is -2.34. The van der Waals surface area contributed by atoms with Crippen LogP contribution in [0.4, 0.5) is 0 Å². The minimum Gasteiger partial charge on any atom is -0.335 e. The van der Waals surface area contributed by atoms with Crippen LogP contribution in [0.15, 0.2) is 18.2 Å². The number of aromatic nitrogens is 2. The second kappa shape index (κ2) is 7.54. The monoisotopic (exact) mass is 400 g/mol. The number of carbonyl (C=O) groups is 1. The molecule has 1 aromatic carbocycles. The molecule has 134 valence electrons. The van der Waals surface area contributed by atoms with Crippen molar-refractivity contribution < 1.29 is 4.79 Å². The Morgan fingerprint density at radius 3 is 2.40 bits per heavy atom. The van der Waals surface area contributed by atoms with Gasteiger partial charge < -0.3 is 4.90 Å². The molecule has 0 saturated carbocycles. The molecule has 0 atom stereocenters. The average molecular weight is 402 g/mol. The number of carbonyl (C=O) groups excluding carboxylic acids is 1. The van der Waals surface area contributed by atoms with E-state index in [4.69, 9.17) is 34.8 Å². The Bertz CT molecular complexity index is 797. The highest BCUT2D eigenvalue weighted by molar-refractivity contribution is 6.35. The van der Waals surface area contributed by atoms with Crippen LogP contribution in [0.25, 0.3) is 0 Å². The van der Waals surface area contributed by atoms with Gasteiger partial charge in [0, 0.05) is 49.8 Å². The fraction of sp³-hybridized carbons (Fsp3) is 0.412. The summed E-state index contributed by atoms with van der Waals surface area (Å²) in [6.45, 7) is 5.40. The number of rotatable bonds is 3. The predicted molar refractivity (Wildman–Crippen MR) is 101 cm³/mol. The Labute approximate surface area is 162 Å². The van der Waals surface area contributed by atoms with Crippen LogP contribution < -0.4 is 0 Å². The minimum absolute atomic E-state index is 0.113. The van der Waals surface area contributed by atoms with Crippen LogP contribution in [0.3, 0.4) is 0 Å². The van der Waals surface area contributed by atoms with Crippen molar-refractivity contribution >= 4 is 40.7 Å². The van der Waals surface area contributed by atoms with Gasteiger partial charge in [0.1, 0.15) is 0 Å². The second-order valence-corrected chi connectivity index (χ2v) is 7.40. The van der Waals surface area contributed by atoms with E-state index in [-0.39, 0.29) is 5.91 Å². The molecule has 0 spiro atoms. The van der Waals surface area contributed by atoms with Gasteiger partial charge in [-0.15, -0.1) is 0 Å². The van der Waals surface area contributed by atoms with Crippen molar-refractivity contribution in [3.8, 4) is 0 Å². The predicted octanol–water partition coefficient (Wildman–Crippen LogP) is 3.65. The van der Waals surface area contributed by atoms with Gasteiger partial charge in [0.25, 0.3) is 5.91 Å². The second-order valence-electron chi connectivity index (χ2n) is 6.18. The van der Waals surface area contributed by atoms with Crippen molar-refractivity contribution in [2.24, 2.45) is 7.05 Å². The first-order valence-electron chi connectivity index (χ1n) is 8.01. The fourth-order valence-electron chi connectivity index (χ4n) is 2.87. The Morgan fingerprint density at radius 2 is 1.84 bits per heavy atom. The number of aryl methyl sites for hydroxylation is 1. The molecule has 2 heterocycles. The van der Waals surface area contributed by atoms with Gasteiger partial charge >= 0.3 is 0 Å². The van der Waals surface area contributed by atoms with Gasteiger partial charge in [-0.2, -0.15) is 5.10 Å². The number of piperazine rings is 1. The van der Waals surface area contributed by atoms with E-state index in [9.17, 15) is 4.79 Å². The molecule has 1 amide bonds. The third-order valence-electron chi connectivity index (χ3n) is 4.53. The molecule has 5 nitrogen and oxygen atoms in total. The van der Waals surface area contributed by atoms with Crippen molar-refractivity contribution in [1.82, 2.24) is 19.6 Å². The van der Waals surface area contributed by atoms with Crippen molar-refractivity contribution in [2.75, 3.05) is 26.2 Å². The number of benzene rings is 1. The summed E-state index contributed by atoms with van der Waals surface area (Å²) >= 11 is 18.4. The summed E-state index contributed by atoms with van der Waals surface area (Å²) in [5.41, 5.74) is 2.16. The van der Waals surface area contributed by atoms with Crippen LogP contribution in [0, 0.1) is 6.92 Å². The van der Waals surface area contributed by atoms with Crippen LogP contribution >= 0.6 is 34.8 Å². The molecule has 1 aliphatic rings. The first-order valence-corrected chi connectivity index (χ1v) is 9.15. The van der Waals surface area contributed by atoms with Crippen LogP contribution in [0.1, 0.15) is 21.7 Å². The summed E-state index contributed by atoms with van der Waals surface area (Å²) in [4.78, 5) is 16.7. The number of hydrogen-bond acceptors (Lipinski definition) is 3. The molecule has 0 N–H and O–H groups in total. The number of hydrogen-bond donors (Lipinski definition) is 0. The number of amides is 1. The molecule has 8 heteroatoms. The summed E-state index contributed by atoms with van der Waals surface area (Å²) in [6.07, 6.45) is 0. The van der Waals surface area contributed by atoms with Crippen molar-refractivity contribution in [3.63, 3.8) is 0 Å². The first kappa shape index (κ1) is 18.5. The lowest BCUT2D eigenvalue weighted by atomic mass is 10.2. The third-order valence-corrected chi connectivity index (χ3v) is 5.57. The first-order chi connectivity index (χ1) is 11.9. The lowest BCUT2D eigenvalue weighted by molar-refractivity contribution is 0.0622. The highest BCUT2D eigenvalue weighted by Crippen LogP contribution is 2.24. The zero-order valence-corrected chi connectivity index (χ0v) is 16.4. The van der Waals surface area contributed by atoms with Crippen LogP contribution in [0.5, 0.6) is 0 Å². The molecule has 1 aromatic heterocycles. The maximum atomic E-state index is 12.7. The Balaban J connectivity index is 1.61. The van der Waals surface area contributed by atoms with E-state index in [1.165, 1.54) is 0 Å². The van der Waals surface area contributed by atoms with E-state index in [1.807, 2.05) is 19.1 Å². The average Bonchev–Trinajstić information content (AvgIpc) is 2.85. The number of halogens is 3. The smallest absolute Gasteiger partial charge is 0.276 e. The summed E-state index contributed by atoms with van der Waals surface area (Å²) in [5.74, 6) is -0.113. The molecule has 0 aliphatic carbocycles. The van der Waals surface area contributed by atoms with E-state index >= 15 is 0 Å². The summed E-state index contributed by atoms with van der Waals surface area (Å²) in [7, 11) is 1.78. The Hall–Kier alpha value is -1.27. The summed E-state index contributed by atoms with van der Waals surface area (Å²) < 4.78 is 1.63. The van der Waals surface area contributed by atoms with Crippen molar-refractivity contribution in [3.05, 3.63) is 50.2 Å². The largest absolute Gasteiger partial charge is 0.335 e. The van der Waals surface area contributed by atoms with E-state index in [1.54, 1.807) is 22.7 Å². The van der Waals surface area contributed by atoms with E-state index in [0.29, 0.717) is 33.9 Å². The molecule has 3 rings (SSSR count). The molecule has 0 unspecified atom stereocenters. The molecule has 25 heavy (non-hydrogen) atoms. The molecule has 2 aromatic rings. The molecule has 1 aliphatic heterocycles. The van der Waals surface area contributed by atoms with Crippen LogP contribution in [0.2, 0.25) is 15.1 Å². The molecule has 0 radical (unpaired) electrons. The van der Waals surface area contributed by atoms with E-state index < -0.39 is 0 Å². The van der Waals surface area contributed by atoms with Crippen molar-refractivity contribution in [1.29, 1.82) is 0 Å². The van der Waals surface area contributed by atoms with Crippen LogP contribution in [-0.4, -0.2) is 51.7 Å². The van der Waals surface area contributed by atoms with Crippen LogP contribution in [-0.2, 0) is 13.6 Å². The SMILES string of the molecule is Cc1c(Cl)c(C(=O)N2CCN(Cc3ccc(Cl)cc3Cl)CC2)nn1C. The third kappa shape index (κ3) is 3.95. The minimum atomic E-state index is -0.113. The molecular weight excluding hydrogens is 383 g/mol. The van der Waals surface area contributed by atoms with E-state index in [0.717, 1.165) is 30.9 Å². The van der Waals surface area contributed by atoms with Crippen molar-refractivity contribution in [2.45, 2.75) is 13.5 Å². The quantitative estimate of drug-likeness (QED) is 0.788. The highest BCUT2D eigenvalue weighted by Gasteiger charge is 2.27. The summed E-state index contributed by atoms with van der Waals surface area (Å²) in [6, 6.07) is 5.54. The molecule has 1 saturated heterocycles. The molecular formula is C17H19Cl3N4O. The van der Waals surface area contributed by atoms with Gasteiger partial charge in [-0.05, 0) is 24.6 Å².